The van der Waals surface area contributed by atoms with Crippen molar-refractivity contribution in [2.45, 2.75) is 57.9 Å². The molecule has 5 aromatic rings. The van der Waals surface area contributed by atoms with Gasteiger partial charge in [-0.15, -0.1) is 0 Å². The Balaban J connectivity index is 0.000000232. The molecule has 0 spiro atoms. The van der Waals surface area contributed by atoms with Crippen LogP contribution >= 0.6 is 0 Å². The molecule has 2 aliphatic carbocycles. The van der Waals surface area contributed by atoms with Gasteiger partial charge in [0.15, 0.2) is 17.3 Å². The van der Waals surface area contributed by atoms with Gasteiger partial charge in [-0.3, -0.25) is 14.7 Å². The molecule has 0 unspecified atom stereocenters. The molecule has 10 heteroatoms. The van der Waals surface area contributed by atoms with Gasteiger partial charge in [-0.25, -0.2) is 14.3 Å². The summed E-state index contributed by atoms with van der Waals surface area (Å²) in [6.07, 6.45) is 3.74. The van der Waals surface area contributed by atoms with Crippen LogP contribution in [-0.2, 0) is 27.9 Å². The number of esters is 2. The molecule has 2 heterocycles. The molecule has 7 rings (SSSR count). The second-order valence-corrected chi connectivity index (χ2v) is 11.8. The van der Waals surface area contributed by atoms with Gasteiger partial charge in [0.25, 0.3) is 0 Å². The Labute approximate surface area is 284 Å². The lowest BCUT2D eigenvalue weighted by atomic mass is 9.76. The Hall–Kier alpha value is -5.64. The number of fused-ring (bicyclic) bond motifs is 2. The summed E-state index contributed by atoms with van der Waals surface area (Å²) in [4.78, 5) is 49.3. The number of carbonyl (C=O) groups excluding carboxylic acids is 4. The minimum atomic E-state index is -0.953. The lowest BCUT2D eigenvalue weighted by molar-refractivity contribution is 0.0507. The monoisotopic (exact) mass is 658 g/mol. The number of aromatic amines is 1. The van der Waals surface area contributed by atoms with Crippen molar-refractivity contribution in [3.63, 3.8) is 0 Å². The zero-order valence-corrected chi connectivity index (χ0v) is 27.6. The molecule has 49 heavy (non-hydrogen) atoms. The molecule has 2 aliphatic rings. The second-order valence-electron chi connectivity index (χ2n) is 11.8. The Bertz CT molecular complexity index is 1870. The fourth-order valence-electron chi connectivity index (χ4n) is 6.78. The molecule has 0 saturated heterocycles. The zero-order chi connectivity index (χ0) is 34.4. The van der Waals surface area contributed by atoms with Gasteiger partial charge >= 0.3 is 11.9 Å². The van der Waals surface area contributed by atoms with Crippen molar-refractivity contribution in [1.29, 1.82) is 0 Å². The third-order valence-electron chi connectivity index (χ3n) is 8.88. The van der Waals surface area contributed by atoms with Gasteiger partial charge in [0.05, 0.1) is 13.2 Å². The molecular formula is C39H38N4O6. The lowest BCUT2D eigenvalue weighted by Gasteiger charge is -2.37. The standard InChI is InChI=1S/C29H26N2O3.C10H12N2O3/c1-2-34-28(33)26-24-19-12-20-25(32)27(24)31(30-26)29(21-13-6-3-7-14-21,22-15-8-4-9-16-22)23-17-10-5-11-18-23;1-2-15-10(14)9-6-4-3-5-7(13)8(6)11-12-9/h3-11,13-18H,2,12,19-20H2,1H3;2-5H2,1H3,(H,11,12). The van der Waals surface area contributed by atoms with E-state index >= 15 is 0 Å². The summed E-state index contributed by atoms with van der Waals surface area (Å²) in [5.74, 6) is -0.921. The van der Waals surface area contributed by atoms with Crippen LogP contribution in [0.5, 0.6) is 0 Å². The largest absolute Gasteiger partial charge is 0.461 e. The molecule has 0 saturated carbocycles. The minimum Gasteiger partial charge on any atom is -0.461 e. The lowest BCUT2D eigenvalue weighted by Crippen LogP contribution is -2.41. The van der Waals surface area contributed by atoms with E-state index in [9.17, 15) is 19.2 Å². The van der Waals surface area contributed by atoms with Crippen molar-refractivity contribution in [3.8, 4) is 0 Å². The second kappa shape index (κ2) is 14.6. The number of benzene rings is 3. The first-order valence-electron chi connectivity index (χ1n) is 16.7. The predicted octanol–water partition coefficient (Wildman–Crippen LogP) is 6.52. The van der Waals surface area contributed by atoms with E-state index in [-0.39, 0.29) is 23.9 Å². The molecule has 0 atom stereocenters. The summed E-state index contributed by atoms with van der Waals surface area (Å²) in [7, 11) is 0. The van der Waals surface area contributed by atoms with E-state index in [0.29, 0.717) is 66.9 Å². The van der Waals surface area contributed by atoms with Crippen LogP contribution in [-0.4, -0.2) is 56.7 Å². The van der Waals surface area contributed by atoms with Crippen LogP contribution in [0.15, 0.2) is 91.0 Å². The number of rotatable bonds is 8. The van der Waals surface area contributed by atoms with Gasteiger partial charge in [0.1, 0.15) is 22.6 Å². The highest BCUT2D eigenvalue weighted by Gasteiger charge is 2.44. The molecule has 1 N–H and O–H groups in total. The topological polar surface area (TPSA) is 133 Å². The number of hydrogen-bond donors (Lipinski definition) is 1. The molecule has 250 valence electrons. The Morgan fingerprint density at radius 1 is 0.694 bits per heavy atom. The first kappa shape index (κ1) is 33.3. The normalized spacial score (nSPS) is 13.8. The third kappa shape index (κ3) is 6.22. The van der Waals surface area contributed by atoms with E-state index in [1.54, 1.807) is 18.5 Å². The van der Waals surface area contributed by atoms with E-state index in [4.69, 9.17) is 14.6 Å². The van der Waals surface area contributed by atoms with Gasteiger partial charge in [0.2, 0.25) is 0 Å². The van der Waals surface area contributed by atoms with Crippen LogP contribution in [0.4, 0.5) is 0 Å². The molecule has 0 bridgehead atoms. The molecule has 0 radical (unpaired) electrons. The average molecular weight is 659 g/mol. The molecule has 0 fully saturated rings. The molecule has 10 nitrogen and oxygen atoms in total. The fraction of sp³-hybridized carbons (Fsp3) is 0.282. The van der Waals surface area contributed by atoms with Crippen LogP contribution < -0.4 is 0 Å². The van der Waals surface area contributed by atoms with Crippen molar-refractivity contribution >= 4 is 23.5 Å². The summed E-state index contributed by atoms with van der Waals surface area (Å²) >= 11 is 0. The summed E-state index contributed by atoms with van der Waals surface area (Å²) in [6.45, 7) is 4.08. The first-order valence-corrected chi connectivity index (χ1v) is 16.7. The molecule has 3 aromatic carbocycles. The van der Waals surface area contributed by atoms with Crippen LogP contribution in [0.2, 0.25) is 0 Å². The number of aromatic nitrogens is 4. The molecular weight excluding hydrogens is 620 g/mol. The average Bonchev–Trinajstić information content (AvgIpc) is 3.75. The maximum absolute atomic E-state index is 13.4. The summed E-state index contributed by atoms with van der Waals surface area (Å²) < 4.78 is 12.0. The number of nitrogens with zero attached hydrogens (tertiary/aromatic N) is 3. The van der Waals surface area contributed by atoms with E-state index in [1.165, 1.54) is 0 Å². The van der Waals surface area contributed by atoms with Crippen LogP contribution in [0.1, 0.15) is 109 Å². The van der Waals surface area contributed by atoms with Crippen molar-refractivity contribution in [3.05, 3.63) is 142 Å². The van der Waals surface area contributed by atoms with Gasteiger partial charge < -0.3 is 9.47 Å². The van der Waals surface area contributed by atoms with Gasteiger partial charge in [-0.2, -0.15) is 10.2 Å². The quantitative estimate of drug-likeness (QED) is 0.147. The van der Waals surface area contributed by atoms with E-state index in [0.717, 1.165) is 23.1 Å². The van der Waals surface area contributed by atoms with Crippen molar-refractivity contribution in [1.82, 2.24) is 20.0 Å². The minimum absolute atomic E-state index is 0.00282. The number of carbonyl (C=O) groups is 4. The Kier molecular flexibility index (Phi) is 9.94. The zero-order valence-electron chi connectivity index (χ0n) is 27.6. The van der Waals surface area contributed by atoms with E-state index in [1.807, 2.05) is 91.0 Å². The maximum atomic E-state index is 13.4. The highest BCUT2D eigenvalue weighted by molar-refractivity contribution is 6.01. The van der Waals surface area contributed by atoms with Gasteiger partial charge in [-0.1, -0.05) is 91.0 Å². The number of Topliss-reactive ketones (excluding diaryl/α,β-unsaturated/α-hetero) is 2. The van der Waals surface area contributed by atoms with Gasteiger partial charge in [0, 0.05) is 24.0 Å². The third-order valence-corrected chi connectivity index (χ3v) is 8.88. The highest BCUT2D eigenvalue weighted by atomic mass is 16.5. The number of ether oxygens (including phenoxy) is 2. The smallest absolute Gasteiger partial charge is 0.359 e. The van der Waals surface area contributed by atoms with Crippen LogP contribution in [0, 0.1) is 0 Å². The van der Waals surface area contributed by atoms with Crippen LogP contribution in [0.3, 0.4) is 0 Å². The van der Waals surface area contributed by atoms with E-state index in [2.05, 4.69) is 10.2 Å². The first-order chi connectivity index (χ1) is 23.9. The fourth-order valence-corrected chi connectivity index (χ4v) is 6.78. The number of H-pyrrole nitrogens is 1. The SMILES string of the molecule is CCOC(=O)c1[nH]nc2c1CCCC2=O.CCOC(=O)c1nn(C(c2ccccc2)(c2ccccc2)c2ccccc2)c2c1CCCC2=O. The maximum Gasteiger partial charge on any atom is 0.359 e. The summed E-state index contributed by atoms with van der Waals surface area (Å²) in [6, 6.07) is 30.1. The van der Waals surface area contributed by atoms with Crippen molar-refractivity contribution < 1.29 is 28.7 Å². The summed E-state index contributed by atoms with van der Waals surface area (Å²) in [5.41, 5.74) is 4.76. The number of hydrogen-bond acceptors (Lipinski definition) is 8. The number of ketones is 2. The number of nitrogens with one attached hydrogen (secondary N) is 1. The van der Waals surface area contributed by atoms with Crippen molar-refractivity contribution in [2.75, 3.05) is 13.2 Å². The van der Waals surface area contributed by atoms with Crippen LogP contribution in [0.25, 0.3) is 0 Å². The molecule has 0 aliphatic heterocycles. The Morgan fingerprint density at radius 3 is 1.71 bits per heavy atom. The molecule has 0 amide bonds. The van der Waals surface area contributed by atoms with E-state index < -0.39 is 17.5 Å². The molecule has 2 aromatic heterocycles. The van der Waals surface area contributed by atoms with Crippen molar-refractivity contribution in [2.24, 2.45) is 0 Å². The highest BCUT2D eigenvalue weighted by Crippen LogP contribution is 2.43. The van der Waals surface area contributed by atoms with Gasteiger partial charge in [-0.05, 0) is 56.2 Å². The Morgan fingerprint density at radius 2 is 1.18 bits per heavy atom. The summed E-state index contributed by atoms with van der Waals surface area (Å²) in [5, 5.41) is 11.3. The predicted molar refractivity (Wildman–Crippen MR) is 182 cm³/mol.